The highest BCUT2D eigenvalue weighted by Crippen LogP contribution is 2.29. The Hall–Kier alpha value is -0.340. The molecule has 2 heteroatoms. The SMILES string of the molecule is C/C=C/CN(CC1CC1)CC1CCCN1. The van der Waals surface area contributed by atoms with Gasteiger partial charge < -0.3 is 5.32 Å². The van der Waals surface area contributed by atoms with Gasteiger partial charge in [0.25, 0.3) is 0 Å². The molecule has 0 amide bonds. The van der Waals surface area contributed by atoms with Crippen LogP contribution < -0.4 is 5.32 Å². The Morgan fingerprint density at radius 3 is 2.73 bits per heavy atom. The molecular formula is C13H24N2. The zero-order valence-corrected chi connectivity index (χ0v) is 9.91. The van der Waals surface area contributed by atoms with E-state index in [0.29, 0.717) is 0 Å². The Morgan fingerprint density at radius 1 is 1.27 bits per heavy atom. The molecule has 1 unspecified atom stereocenters. The summed E-state index contributed by atoms with van der Waals surface area (Å²) in [5.41, 5.74) is 0. The van der Waals surface area contributed by atoms with E-state index < -0.39 is 0 Å². The van der Waals surface area contributed by atoms with Crippen LogP contribution in [-0.2, 0) is 0 Å². The van der Waals surface area contributed by atoms with E-state index in [-0.39, 0.29) is 0 Å². The quantitative estimate of drug-likeness (QED) is 0.672. The van der Waals surface area contributed by atoms with Crippen molar-refractivity contribution in [1.29, 1.82) is 0 Å². The molecule has 2 fully saturated rings. The van der Waals surface area contributed by atoms with Crippen molar-refractivity contribution >= 4 is 0 Å². The first kappa shape index (κ1) is 11.2. The molecule has 0 aromatic carbocycles. The molecule has 1 aliphatic carbocycles. The van der Waals surface area contributed by atoms with Crippen LogP contribution in [0.15, 0.2) is 12.2 Å². The Morgan fingerprint density at radius 2 is 2.13 bits per heavy atom. The summed E-state index contributed by atoms with van der Waals surface area (Å²) in [5.74, 6) is 1.01. The minimum atomic E-state index is 0.758. The molecule has 1 aliphatic heterocycles. The van der Waals surface area contributed by atoms with Crippen molar-refractivity contribution in [3.05, 3.63) is 12.2 Å². The Balaban J connectivity index is 1.74. The molecule has 1 saturated carbocycles. The van der Waals surface area contributed by atoms with Gasteiger partial charge in [0, 0.05) is 25.7 Å². The summed E-state index contributed by atoms with van der Waals surface area (Å²) in [6.07, 6.45) is 10.1. The maximum Gasteiger partial charge on any atom is 0.0195 e. The van der Waals surface area contributed by atoms with E-state index in [2.05, 4.69) is 29.3 Å². The van der Waals surface area contributed by atoms with Crippen LogP contribution in [0.3, 0.4) is 0 Å². The lowest BCUT2D eigenvalue weighted by Gasteiger charge is -2.24. The van der Waals surface area contributed by atoms with Crippen LogP contribution in [0.1, 0.15) is 32.6 Å². The lowest BCUT2D eigenvalue weighted by Crippen LogP contribution is -2.38. The summed E-state index contributed by atoms with van der Waals surface area (Å²) in [4.78, 5) is 2.63. The third-order valence-electron chi connectivity index (χ3n) is 3.45. The second kappa shape index (κ2) is 5.66. The van der Waals surface area contributed by atoms with Gasteiger partial charge in [-0.2, -0.15) is 0 Å². The summed E-state index contributed by atoms with van der Waals surface area (Å²) in [5, 5.41) is 3.59. The zero-order chi connectivity index (χ0) is 10.5. The van der Waals surface area contributed by atoms with Gasteiger partial charge in [-0.3, -0.25) is 4.90 Å². The monoisotopic (exact) mass is 208 g/mol. The topological polar surface area (TPSA) is 15.3 Å². The van der Waals surface area contributed by atoms with Crippen molar-refractivity contribution in [1.82, 2.24) is 10.2 Å². The lowest BCUT2D eigenvalue weighted by atomic mass is 10.2. The van der Waals surface area contributed by atoms with Gasteiger partial charge in [-0.25, -0.2) is 0 Å². The van der Waals surface area contributed by atoms with Gasteiger partial charge in [-0.1, -0.05) is 12.2 Å². The van der Waals surface area contributed by atoms with Gasteiger partial charge in [0.05, 0.1) is 0 Å². The molecule has 86 valence electrons. The minimum absolute atomic E-state index is 0.758. The van der Waals surface area contributed by atoms with E-state index in [1.54, 1.807) is 0 Å². The molecule has 2 aliphatic rings. The molecular weight excluding hydrogens is 184 g/mol. The molecule has 0 spiro atoms. The summed E-state index contributed by atoms with van der Waals surface area (Å²) < 4.78 is 0. The number of allylic oxidation sites excluding steroid dienone is 1. The number of nitrogens with zero attached hydrogens (tertiary/aromatic N) is 1. The molecule has 2 rings (SSSR count). The molecule has 0 aromatic rings. The van der Waals surface area contributed by atoms with Crippen LogP contribution in [0.5, 0.6) is 0 Å². The van der Waals surface area contributed by atoms with Crippen molar-refractivity contribution in [2.45, 2.75) is 38.6 Å². The fourth-order valence-electron chi connectivity index (χ4n) is 2.37. The van der Waals surface area contributed by atoms with Crippen LogP contribution in [0.4, 0.5) is 0 Å². The second-order valence-corrected chi connectivity index (χ2v) is 5.02. The summed E-state index contributed by atoms with van der Waals surface area (Å²) in [6, 6.07) is 0.758. The van der Waals surface area contributed by atoms with E-state index in [1.165, 1.54) is 45.3 Å². The van der Waals surface area contributed by atoms with Crippen LogP contribution in [0.2, 0.25) is 0 Å². The van der Waals surface area contributed by atoms with Crippen molar-refractivity contribution in [2.75, 3.05) is 26.2 Å². The van der Waals surface area contributed by atoms with E-state index in [9.17, 15) is 0 Å². The van der Waals surface area contributed by atoms with Crippen LogP contribution in [0, 0.1) is 5.92 Å². The number of hydrogen-bond acceptors (Lipinski definition) is 2. The Kier molecular flexibility index (Phi) is 4.21. The standard InChI is InChI=1S/C13H24N2/c1-2-3-9-15(10-12-6-7-12)11-13-5-4-8-14-13/h2-3,12-14H,4-11H2,1H3/b3-2+. The highest BCUT2D eigenvalue weighted by molar-refractivity contribution is 4.87. The molecule has 1 atom stereocenters. The fraction of sp³-hybridized carbons (Fsp3) is 0.846. The first-order valence-corrected chi connectivity index (χ1v) is 6.45. The summed E-state index contributed by atoms with van der Waals surface area (Å²) >= 11 is 0. The van der Waals surface area contributed by atoms with Crippen molar-refractivity contribution in [2.24, 2.45) is 5.92 Å². The van der Waals surface area contributed by atoms with E-state index in [4.69, 9.17) is 0 Å². The van der Waals surface area contributed by atoms with E-state index in [1.807, 2.05) is 0 Å². The molecule has 1 heterocycles. The summed E-state index contributed by atoms with van der Waals surface area (Å²) in [7, 11) is 0. The van der Waals surface area contributed by atoms with Crippen molar-refractivity contribution in [3.8, 4) is 0 Å². The number of nitrogens with one attached hydrogen (secondary N) is 1. The first-order valence-electron chi connectivity index (χ1n) is 6.45. The predicted octanol–water partition coefficient (Wildman–Crippen LogP) is 2.03. The first-order chi connectivity index (χ1) is 7.38. The van der Waals surface area contributed by atoms with Crippen molar-refractivity contribution < 1.29 is 0 Å². The van der Waals surface area contributed by atoms with Crippen LogP contribution >= 0.6 is 0 Å². The molecule has 2 nitrogen and oxygen atoms in total. The maximum absolute atomic E-state index is 3.59. The predicted molar refractivity (Wildman–Crippen MR) is 65.0 cm³/mol. The van der Waals surface area contributed by atoms with Gasteiger partial charge in [0.15, 0.2) is 0 Å². The molecule has 1 saturated heterocycles. The van der Waals surface area contributed by atoms with Gasteiger partial charge in [-0.15, -0.1) is 0 Å². The molecule has 0 radical (unpaired) electrons. The molecule has 0 aromatic heterocycles. The van der Waals surface area contributed by atoms with Crippen LogP contribution in [0.25, 0.3) is 0 Å². The second-order valence-electron chi connectivity index (χ2n) is 5.02. The highest BCUT2D eigenvalue weighted by atomic mass is 15.2. The minimum Gasteiger partial charge on any atom is -0.313 e. The summed E-state index contributed by atoms with van der Waals surface area (Å²) in [6.45, 7) is 7.06. The molecule has 15 heavy (non-hydrogen) atoms. The third-order valence-corrected chi connectivity index (χ3v) is 3.45. The fourth-order valence-corrected chi connectivity index (χ4v) is 2.37. The van der Waals surface area contributed by atoms with Crippen molar-refractivity contribution in [3.63, 3.8) is 0 Å². The Bertz CT molecular complexity index is 203. The van der Waals surface area contributed by atoms with Gasteiger partial charge in [-0.05, 0) is 45.1 Å². The molecule has 0 bridgehead atoms. The average molecular weight is 208 g/mol. The molecule has 1 N–H and O–H groups in total. The normalized spacial score (nSPS) is 26.9. The van der Waals surface area contributed by atoms with Gasteiger partial charge in [0.2, 0.25) is 0 Å². The average Bonchev–Trinajstić information content (AvgIpc) is 2.90. The third kappa shape index (κ3) is 3.96. The van der Waals surface area contributed by atoms with E-state index in [0.717, 1.165) is 18.5 Å². The Labute approximate surface area is 93.7 Å². The lowest BCUT2D eigenvalue weighted by molar-refractivity contribution is 0.263. The largest absolute Gasteiger partial charge is 0.313 e. The number of hydrogen-bond donors (Lipinski definition) is 1. The van der Waals surface area contributed by atoms with Gasteiger partial charge >= 0.3 is 0 Å². The number of rotatable bonds is 6. The smallest absolute Gasteiger partial charge is 0.0195 e. The van der Waals surface area contributed by atoms with Gasteiger partial charge in [0.1, 0.15) is 0 Å². The van der Waals surface area contributed by atoms with Crippen LogP contribution in [-0.4, -0.2) is 37.1 Å². The maximum atomic E-state index is 3.59. The van der Waals surface area contributed by atoms with E-state index >= 15 is 0 Å². The zero-order valence-electron chi connectivity index (χ0n) is 9.91. The highest BCUT2D eigenvalue weighted by Gasteiger charge is 2.25.